The number of hydrogen-bond donors (Lipinski definition) is 2. The van der Waals surface area contributed by atoms with E-state index in [-0.39, 0.29) is 15.8 Å². The molecule has 2 amide bonds. The van der Waals surface area contributed by atoms with Gasteiger partial charge in [0.2, 0.25) is 5.91 Å². The molecular weight excluding hydrogens is 414 g/mol. The number of rotatable bonds is 5. The summed E-state index contributed by atoms with van der Waals surface area (Å²) in [5.74, 6) is -0.812. The maximum atomic E-state index is 12.8. The summed E-state index contributed by atoms with van der Waals surface area (Å²) in [6, 6.07) is 10.9. The van der Waals surface area contributed by atoms with Gasteiger partial charge in [-0.3, -0.25) is 24.6 Å². The molecule has 1 saturated heterocycles. The summed E-state index contributed by atoms with van der Waals surface area (Å²) in [4.78, 5) is 37.0. The molecule has 0 spiro atoms. The van der Waals surface area contributed by atoms with E-state index in [2.05, 4.69) is 5.32 Å². The summed E-state index contributed by atoms with van der Waals surface area (Å²) >= 11 is 6.34. The van der Waals surface area contributed by atoms with E-state index in [0.717, 1.165) is 11.8 Å². The van der Waals surface area contributed by atoms with Crippen molar-refractivity contribution in [2.24, 2.45) is 0 Å². The molecule has 0 saturated carbocycles. The van der Waals surface area contributed by atoms with Crippen molar-refractivity contribution in [1.82, 2.24) is 4.90 Å². The Balaban J connectivity index is 1.73. The van der Waals surface area contributed by atoms with Crippen LogP contribution in [-0.4, -0.2) is 37.1 Å². The van der Waals surface area contributed by atoms with Gasteiger partial charge in [-0.1, -0.05) is 36.1 Å². The highest BCUT2D eigenvalue weighted by Crippen LogP contribution is 2.34. The molecule has 1 heterocycles. The number of nitro benzene ring substituents is 1. The van der Waals surface area contributed by atoms with Gasteiger partial charge in [0.1, 0.15) is 16.1 Å². The highest BCUT2D eigenvalue weighted by atomic mass is 32.2. The quantitative estimate of drug-likeness (QED) is 0.324. The second kappa shape index (κ2) is 8.41. The number of aromatic hydroxyl groups is 1. The third-order valence-electron chi connectivity index (χ3n) is 4.10. The zero-order chi connectivity index (χ0) is 21.1. The summed E-state index contributed by atoms with van der Waals surface area (Å²) in [6.07, 6.45) is 1.60. The molecule has 0 bridgehead atoms. The van der Waals surface area contributed by atoms with Crippen LogP contribution in [0.3, 0.4) is 0 Å². The molecule has 2 aromatic rings. The van der Waals surface area contributed by atoms with Gasteiger partial charge in [0.15, 0.2) is 0 Å². The van der Waals surface area contributed by atoms with Crippen molar-refractivity contribution < 1.29 is 19.6 Å². The average molecular weight is 429 g/mol. The minimum Gasteiger partial charge on any atom is -0.508 e. The fourth-order valence-corrected chi connectivity index (χ4v) is 4.03. The van der Waals surface area contributed by atoms with Crippen molar-refractivity contribution in [2.75, 3.05) is 5.32 Å². The monoisotopic (exact) mass is 429 g/mol. The Morgan fingerprint density at radius 1 is 1.31 bits per heavy atom. The Kier molecular flexibility index (Phi) is 5.95. The first-order valence-corrected chi connectivity index (χ1v) is 9.60. The number of benzene rings is 2. The van der Waals surface area contributed by atoms with Crippen LogP contribution in [0.25, 0.3) is 6.08 Å². The molecule has 29 heavy (non-hydrogen) atoms. The summed E-state index contributed by atoms with van der Waals surface area (Å²) < 4.78 is 0.243. The van der Waals surface area contributed by atoms with Gasteiger partial charge in [0.25, 0.3) is 11.6 Å². The van der Waals surface area contributed by atoms with Crippen LogP contribution in [0.2, 0.25) is 0 Å². The smallest absolute Gasteiger partial charge is 0.269 e. The van der Waals surface area contributed by atoms with Gasteiger partial charge >= 0.3 is 0 Å². The van der Waals surface area contributed by atoms with Gasteiger partial charge < -0.3 is 10.4 Å². The van der Waals surface area contributed by atoms with Gasteiger partial charge in [0, 0.05) is 17.8 Å². The number of nitrogens with one attached hydrogen (secondary N) is 1. The maximum Gasteiger partial charge on any atom is 0.269 e. The number of non-ortho nitro benzene ring substituents is 1. The van der Waals surface area contributed by atoms with E-state index in [1.165, 1.54) is 41.3 Å². The Bertz CT molecular complexity index is 1040. The molecule has 1 aliphatic heterocycles. The standard InChI is InChI=1S/C19H15N3O5S2/c1-11(17(24)20-13-5-7-14(8-6-13)22(26)27)21-18(25)16(29-19(21)28)10-12-3-2-4-15(23)9-12/h2-11,23H,1H3,(H,20,24)/b16-10-. The molecule has 0 aromatic heterocycles. The van der Waals surface area contributed by atoms with Crippen LogP contribution in [0.5, 0.6) is 5.75 Å². The van der Waals surface area contributed by atoms with Crippen molar-refractivity contribution >= 4 is 57.6 Å². The third kappa shape index (κ3) is 4.61. The number of hydrogen-bond acceptors (Lipinski definition) is 7. The van der Waals surface area contributed by atoms with E-state index in [0.29, 0.717) is 16.2 Å². The Morgan fingerprint density at radius 2 is 2.00 bits per heavy atom. The zero-order valence-electron chi connectivity index (χ0n) is 15.1. The Labute approximate surface area is 175 Å². The number of carbonyl (C=O) groups excluding carboxylic acids is 2. The van der Waals surface area contributed by atoms with Crippen LogP contribution >= 0.6 is 24.0 Å². The SMILES string of the molecule is CC(C(=O)Nc1ccc([N+](=O)[O-])cc1)N1C(=O)/C(=C/c2cccc(O)c2)SC1=S. The lowest BCUT2D eigenvalue weighted by molar-refractivity contribution is -0.384. The van der Waals surface area contributed by atoms with Gasteiger partial charge in [0.05, 0.1) is 9.83 Å². The van der Waals surface area contributed by atoms with Gasteiger partial charge in [-0.05, 0) is 42.8 Å². The van der Waals surface area contributed by atoms with E-state index < -0.39 is 22.8 Å². The highest BCUT2D eigenvalue weighted by molar-refractivity contribution is 8.26. The Morgan fingerprint density at radius 3 is 2.62 bits per heavy atom. The molecule has 1 unspecified atom stereocenters. The van der Waals surface area contributed by atoms with E-state index in [9.17, 15) is 24.8 Å². The van der Waals surface area contributed by atoms with Crippen LogP contribution in [0.15, 0.2) is 53.4 Å². The molecule has 2 N–H and O–H groups in total. The minimum absolute atomic E-state index is 0.0741. The summed E-state index contributed by atoms with van der Waals surface area (Å²) in [7, 11) is 0. The van der Waals surface area contributed by atoms with Crippen molar-refractivity contribution in [2.45, 2.75) is 13.0 Å². The summed E-state index contributed by atoms with van der Waals surface area (Å²) in [5.41, 5.74) is 0.909. The van der Waals surface area contributed by atoms with Gasteiger partial charge in [-0.15, -0.1) is 0 Å². The number of thiocarbonyl (C=S) groups is 1. The number of anilines is 1. The second-order valence-electron chi connectivity index (χ2n) is 6.12. The lowest BCUT2D eigenvalue weighted by Gasteiger charge is -2.22. The van der Waals surface area contributed by atoms with E-state index in [1.807, 2.05) is 0 Å². The average Bonchev–Trinajstić information content (AvgIpc) is 2.94. The van der Waals surface area contributed by atoms with Crippen LogP contribution < -0.4 is 5.32 Å². The number of carbonyl (C=O) groups is 2. The second-order valence-corrected chi connectivity index (χ2v) is 7.79. The van der Waals surface area contributed by atoms with Crippen LogP contribution in [-0.2, 0) is 9.59 Å². The van der Waals surface area contributed by atoms with Crippen LogP contribution in [0.4, 0.5) is 11.4 Å². The summed E-state index contributed by atoms with van der Waals surface area (Å²) in [6.45, 7) is 1.54. The van der Waals surface area contributed by atoms with E-state index >= 15 is 0 Å². The van der Waals surface area contributed by atoms with E-state index in [4.69, 9.17) is 12.2 Å². The number of phenols is 1. The lowest BCUT2D eigenvalue weighted by Crippen LogP contribution is -2.44. The largest absolute Gasteiger partial charge is 0.508 e. The first-order chi connectivity index (χ1) is 13.8. The maximum absolute atomic E-state index is 12.8. The minimum atomic E-state index is -0.882. The van der Waals surface area contributed by atoms with Gasteiger partial charge in [-0.2, -0.15) is 0 Å². The molecule has 148 valence electrons. The third-order valence-corrected chi connectivity index (χ3v) is 5.43. The Hall–Kier alpha value is -3.24. The normalized spacial score (nSPS) is 16.2. The zero-order valence-corrected chi connectivity index (χ0v) is 16.7. The molecule has 10 heteroatoms. The van der Waals surface area contributed by atoms with Crippen molar-refractivity contribution in [3.8, 4) is 5.75 Å². The predicted molar refractivity (Wildman–Crippen MR) is 114 cm³/mol. The molecule has 3 rings (SSSR count). The van der Waals surface area contributed by atoms with Crippen molar-refractivity contribution in [3.63, 3.8) is 0 Å². The molecule has 1 aliphatic rings. The number of nitrogens with zero attached hydrogens (tertiary/aromatic N) is 2. The summed E-state index contributed by atoms with van der Waals surface area (Å²) in [5, 5.41) is 22.9. The molecule has 8 nitrogen and oxygen atoms in total. The molecule has 0 radical (unpaired) electrons. The van der Waals surface area contributed by atoms with Crippen molar-refractivity contribution in [1.29, 1.82) is 0 Å². The predicted octanol–water partition coefficient (Wildman–Crippen LogP) is 3.53. The molecular formula is C19H15N3O5S2. The van der Waals surface area contributed by atoms with Crippen molar-refractivity contribution in [3.05, 3.63) is 69.1 Å². The van der Waals surface area contributed by atoms with Crippen LogP contribution in [0.1, 0.15) is 12.5 Å². The fourth-order valence-electron chi connectivity index (χ4n) is 2.61. The van der Waals surface area contributed by atoms with Crippen LogP contribution in [0, 0.1) is 10.1 Å². The number of phenolic OH excluding ortho intramolecular Hbond substituents is 1. The molecule has 1 fully saturated rings. The topological polar surface area (TPSA) is 113 Å². The number of thioether (sulfide) groups is 1. The molecule has 0 aliphatic carbocycles. The molecule has 1 atom stereocenters. The highest BCUT2D eigenvalue weighted by Gasteiger charge is 2.38. The first kappa shape index (κ1) is 20.5. The fraction of sp³-hybridized carbons (Fsp3) is 0.105. The lowest BCUT2D eigenvalue weighted by atomic mass is 10.2. The molecule has 2 aromatic carbocycles. The number of amides is 2. The van der Waals surface area contributed by atoms with Gasteiger partial charge in [-0.25, -0.2) is 0 Å². The van der Waals surface area contributed by atoms with E-state index in [1.54, 1.807) is 25.1 Å². The first-order valence-electron chi connectivity index (χ1n) is 8.37. The number of nitro groups is 1.